The number of hydrogen-bond donors (Lipinski definition) is 1. The third kappa shape index (κ3) is 3.96. The van der Waals surface area contributed by atoms with Crippen LogP contribution in [0, 0.1) is 5.82 Å². The summed E-state index contributed by atoms with van der Waals surface area (Å²) in [7, 11) is 1.56. The van der Waals surface area contributed by atoms with Crippen molar-refractivity contribution in [3.63, 3.8) is 0 Å². The van der Waals surface area contributed by atoms with Crippen molar-refractivity contribution in [3.05, 3.63) is 58.9 Å². The van der Waals surface area contributed by atoms with Crippen molar-refractivity contribution in [2.45, 2.75) is 0 Å². The summed E-state index contributed by atoms with van der Waals surface area (Å²) in [6.07, 6.45) is 0. The fourth-order valence-electron chi connectivity index (χ4n) is 1.81. The van der Waals surface area contributed by atoms with E-state index in [1.54, 1.807) is 37.4 Å². The molecular weight excluding hydrogens is 309 g/mol. The molecule has 2 aromatic rings. The number of hydrogen-bond acceptors (Lipinski definition) is 3. The van der Waals surface area contributed by atoms with E-state index in [0.29, 0.717) is 24.5 Å². The van der Waals surface area contributed by atoms with Crippen LogP contribution in [0.2, 0.25) is 5.02 Å². The third-order valence-electron chi connectivity index (χ3n) is 2.88. The number of amides is 1. The number of carbonyl (C=O) groups excluding carboxylic acids is 1. The lowest BCUT2D eigenvalue weighted by molar-refractivity contribution is 0.101. The van der Waals surface area contributed by atoms with E-state index < -0.39 is 11.7 Å². The Kier molecular flexibility index (Phi) is 5.75. The minimum Gasteiger partial charge on any atom is -0.490 e. The van der Waals surface area contributed by atoms with Gasteiger partial charge in [0, 0.05) is 7.11 Å². The number of carbonyl (C=O) groups is 1. The molecule has 2 rings (SSSR count). The highest BCUT2D eigenvalue weighted by molar-refractivity contribution is 6.31. The largest absolute Gasteiger partial charge is 0.490 e. The lowest BCUT2D eigenvalue weighted by Gasteiger charge is -2.12. The SMILES string of the molecule is COCCOc1ccccc1C(=O)Nc1cccc(Cl)c1F. The van der Waals surface area contributed by atoms with Gasteiger partial charge in [0.05, 0.1) is 22.9 Å². The van der Waals surface area contributed by atoms with Crippen LogP contribution < -0.4 is 10.1 Å². The second-order valence-electron chi connectivity index (χ2n) is 4.39. The molecule has 2 aromatic carbocycles. The maximum Gasteiger partial charge on any atom is 0.259 e. The van der Waals surface area contributed by atoms with E-state index >= 15 is 0 Å². The van der Waals surface area contributed by atoms with Gasteiger partial charge in [0.25, 0.3) is 5.91 Å². The van der Waals surface area contributed by atoms with E-state index in [2.05, 4.69) is 5.32 Å². The number of anilines is 1. The van der Waals surface area contributed by atoms with E-state index in [9.17, 15) is 9.18 Å². The van der Waals surface area contributed by atoms with Gasteiger partial charge in [0.2, 0.25) is 0 Å². The first-order valence-corrected chi connectivity index (χ1v) is 6.97. The van der Waals surface area contributed by atoms with E-state index in [4.69, 9.17) is 21.1 Å². The summed E-state index contributed by atoms with van der Waals surface area (Å²) >= 11 is 5.69. The van der Waals surface area contributed by atoms with Crippen molar-refractivity contribution < 1.29 is 18.7 Å². The van der Waals surface area contributed by atoms with Crippen molar-refractivity contribution in [1.82, 2.24) is 0 Å². The Morgan fingerprint density at radius 3 is 2.73 bits per heavy atom. The fraction of sp³-hybridized carbons (Fsp3) is 0.188. The summed E-state index contributed by atoms with van der Waals surface area (Å²) in [5, 5.41) is 2.44. The Bertz CT molecular complexity index is 664. The van der Waals surface area contributed by atoms with Crippen molar-refractivity contribution in [1.29, 1.82) is 0 Å². The molecule has 0 aliphatic heterocycles. The molecule has 0 aromatic heterocycles. The second kappa shape index (κ2) is 7.77. The van der Waals surface area contributed by atoms with Crippen molar-refractivity contribution in [2.75, 3.05) is 25.6 Å². The predicted molar refractivity (Wildman–Crippen MR) is 83.2 cm³/mol. The van der Waals surface area contributed by atoms with Crippen LogP contribution >= 0.6 is 11.6 Å². The molecule has 1 amide bonds. The molecule has 0 bridgehead atoms. The molecule has 22 heavy (non-hydrogen) atoms. The van der Waals surface area contributed by atoms with Crippen LogP contribution in [0.15, 0.2) is 42.5 Å². The van der Waals surface area contributed by atoms with Crippen LogP contribution in [0.25, 0.3) is 0 Å². The maximum atomic E-state index is 13.8. The first-order chi connectivity index (χ1) is 10.6. The highest BCUT2D eigenvalue weighted by atomic mass is 35.5. The lowest BCUT2D eigenvalue weighted by Crippen LogP contribution is -2.15. The summed E-state index contributed by atoms with van der Waals surface area (Å²) in [6.45, 7) is 0.713. The number of ether oxygens (including phenoxy) is 2. The van der Waals surface area contributed by atoms with Gasteiger partial charge in [-0.05, 0) is 24.3 Å². The standard InChI is InChI=1S/C16H15ClFNO3/c1-21-9-10-22-14-8-3-2-5-11(14)16(20)19-13-7-4-6-12(17)15(13)18/h2-8H,9-10H2,1H3,(H,19,20). The molecule has 0 aliphatic rings. The van der Waals surface area contributed by atoms with Gasteiger partial charge >= 0.3 is 0 Å². The number of nitrogens with one attached hydrogen (secondary N) is 1. The lowest BCUT2D eigenvalue weighted by atomic mass is 10.2. The highest BCUT2D eigenvalue weighted by Gasteiger charge is 2.15. The highest BCUT2D eigenvalue weighted by Crippen LogP contribution is 2.24. The number of rotatable bonds is 6. The van der Waals surface area contributed by atoms with Crippen LogP contribution in [0.4, 0.5) is 10.1 Å². The topological polar surface area (TPSA) is 47.6 Å². The quantitative estimate of drug-likeness (QED) is 0.823. The number of methoxy groups -OCH3 is 1. The molecule has 1 N–H and O–H groups in total. The van der Waals surface area contributed by atoms with E-state index in [1.807, 2.05) is 0 Å². The Morgan fingerprint density at radius 2 is 1.95 bits per heavy atom. The summed E-state index contributed by atoms with van der Waals surface area (Å²) in [5.74, 6) is -0.746. The zero-order chi connectivity index (χ0) is 15.9. The molecule has 0 fully saturated rings. The first kappa shape index (κ1) is 16.3. The smallest absolute Gasteiger partial charge is 0.259 e. The third-order valence-corrected chi connectivity index (χ3v) is 3.17. The average molecular weight is 324 g/mol. The minimum atomic E-state index is -0.671. The molecule has 0 saturated carbocycles. The van der Waals surface area contributed by atoms with Crippen LogP contribution in [0.3, 0.4) is 0 Å². The summed E-state index contributed by atoms with van der Waals surface area (Å²) in [6, 6.07) is 11.1. The molecule has 0 unspecified atom stereocenters. The predicted octanol–water partition coefficient (Wildman–Crippen LogP) is 3.76. The monoisotopic (exact) mass is 323 g/mol. The molecule has 0 radical (unpaired) electrons. The maximum absolute atomic E-state index is 13.8. The second-order valence-corrected chi connectivity index (χ2v) is 4.80. The number of para-hydroxylation sites is 1. The molecule has 0 aliphatic carbocycles. The molecule has 0 heterocycles. The van der Waals surface area contributed by atoms with Gasteiger partial charge in [0.1, 0.15) is 12.4 Å². The van der Waals surface area contributed by atoms with Gasteiger partial charge in [-0.15, -0.1) is 0 Å². The Morgan fingerprint density at radius 1 is 1.18 bits per heavy atom. The summed E-state index contributed by atoms with van der Waals surface area (Å²) < 4.78 is 24.2. The van der Waals surface area contributed by atoms with E-state index in [0.717, 1.165) is 0 Å². The van der Waals surface area contributed by atoms with Gasteiger partial charge in [0.15, 0.2) is 5.82 Å². The first-order valence-electron chi connectivity index (χ1n) is 6.59. The van der Waals surface area contributed by atoms with E-state index in [1.165, 1.54) is 12.1 Å². The molecular formula is C16H15ClFNO3. The molecule has 116 valence electrons. The van der Waals surface area contributed by atoms with Gasteiger partial charge in [-0.1, -0.05) is 29.8 Å². The van der Waals surface area contributed by atoms with Gasteiger partial charge in [-0.3, -0.25) is 4.79 Å². The zero-order valence-corrected chi connectivity index (χ0v) is 12.7. The minimum absolute atomic E-state index is 0.0178. The van der Waals surface area contributed by atoms with Crippen LogP contribution in [-0.4, -0.2) is 26.2 Å². The van der Waals surface area contributed by atoms with Crippen LogP contribution in [0.5, 0.6) is 5.75 Å². The summed E-state index contributed by atoms with van der Waals surface area (Å²) in [4.78, 5) is 12.3. The van der Waals surface area contributed by atoms with Gasteiger partial charge < -0.3 is 14.8 Å². The Labute approximate surface area is 132 Å². The molecule has 0 saturated heterocycles. The van der Waals surface area contributed by atoms with Crippen molar-refractivity contribution >= 4 is 23.2 Å². The van der Waals surface area contributed by atoms with E-state index in [-0.39, 0.29) is 10.7 Å². The number of halogens is 2. The molecule has 4 nitrogen and oxygen atoms in total. The fourth-order valence-corrected chi connectivity index (χ4v) is 1.98. The zero-order valence-electron chi connectivity index (χ0n) is 11.9. The van der Waals surface area contributed by atoms with Crippen LogP contribution in [0.1, 0.15) is 10.4 Å². The molecule has 0 spiro atoms. The normalized spacial score (nSPS) is 10.3. The molecule has 6 heteroatoms. The Balaban J connectivity index is 2.17. The van der Waals surface area contributed by atoms with Gasteiger partial charge in [-0.2, -0.15) is 0 Å². The average Bonchev–Trinajstić information content (AvgIpc) is 2.52. The molecule has 0 atom stereocenters. The van der Waals surface area contributed by atoms with Crippen LogP contribution in [-0.2, 0) is 4.74 Å². The Hall–Kier alpha value is -2.11. The van der Waals surface area contributed by atoms with Crippen molar-refractivity contribution in [3.8, 4) is 5.75 Å². The number of benzene rings is 2. The summed E-state index contributed by atoms with van der Waals surface area (Å²) in [5.41, 5.74) is 0.321. The van der Waals surface area contributed by atoms with Crippen molar-refractivity contribution in [2.24, 2.45) is 0 Å². The van der Waals surface area contributed by atoms with Gasteiger partial charge in [-0.25, -0.2) is 4.39 Å².